The molecule has 0 fully saturated rings. The first-order chi connectivity index (χ1) is 6.15. The minimum Gasteiger partial charge on any atom is -0.370 e. The predicted molar refractivity (Wildman–Crippen MR) is 62.4 cm³/mol. The normalized spacial score (nSPS) is 14.3. The first-order valence-electron chi connectivity index (χ1n) is 4.73. The van der Waals surface area contributed by atoms with Crippen LogP contribution in [0.1, 0.15) is 20.8 Å². The Morgan fingerprint density at radius 3 is 2.38 bits per heavy atom. The minimum atomic E-state index is 0.550. The van der Waals surface area contributed by atoms with Gasteiger partial charge in [-0.15, -0.1) is 0 Å². The van der Waals surface area contributed by atoms with E-state index >= 15 is 0 Å². The Morgan fingerprint density at radius 1 is 1.46 bits per heavy atom. The van der Waals surface area contributed by atoms with Gasteiger partial charge in [-0.1, -0.05) is 6.92 Å². The minimum absolute atomic E-state index is 0.550. The van der Waals surface area contributed by atoms with Gasteiger partial charge in [0, 0.05) is 18.3 Å². The van der Waals surface area contributed by atoms with Crippen LogP contribution in [-0.4, -0.2) is 42.0 Å². The van der Waals surface area contributed by atoms with Crippen molar-refractivity contribution >= 4 is 17.7 Å². The summed E-state index contributed by atoms with van der Waals surface area (Å²) < 4.78 is 0. The van der Waals surface area contributed by atoms with Crippen LogP contribution >= 0.6 is 11.8 Å². The molecule has 0 aliphatic rings. The molecule has 0 heterocycles. The van der Waals surface area contributed by atoms with Gasteiger partial charge in [-0.05, 0) is 20.1 Å². The van der Waals surface area contributed by atoms with Crippen LogP contribution in [0.3, 0.4) is 0 Å². The fourth-order valence-corrected chi connectivity index (χ4v) is 1.17. The maximum absolute atomic E-state index is 5.81. The molecular weight excluding hydrogens is 182 g/mol. The van der Waals surface area contributed by atoms with Gasteiger partial charge in [0.25, 0.3) is 0 Å². The molecule has 0 aromatic carbocycles. The molecule has 13 heavy (non-hydrogen) atoms. The van der Waals surface area contributed by atoms with Crippen molar-refractivity contribution in [3.8, 4) is 0 Å². The summed E-state index contributed by atoms with van der Waals surface area (Å²) in [5.41, 5.74) is 5.81. The van der Waals surface area contributed by atoms with Gasteiger partial charge in [-0.25, -0.2) is 0 Å². The van der Waals surface area contributed by atoms with E-state index in [-0.39, 0.29) is 0 Å². The lowest BCUT2D eigenvalue weighted by Crippen LogP contribution is -2.37. The lowest BCUT2D eigenvalue weighted by atomic mass is 10.5. The molecule has 1 atom stereocenters. The third kappa shape index (κ3) is 5.03. The van der Waals surface area contributed by atoms with Crippen molar-refractivity contribution in [2.45, 2.75) is 26.0 Å². The van der Waals surface area contributed by atoms with Gasteiger partial charge in [0.1, 0.15) is 0 Å². The predicted octanol–water partition coefficient (Wildman–Crippen LogP) is 1.39. The van der Waals surface area contributed by atoms with Crippen molar-refractivity contribution in [2.24, 2.45) is 10.7 Å². The summed E-state index contributed by atoms with van der Waals surface area (Å²) in [6.07, 6.45) is 2.09. The third-order valence-corrected chi connectivity index (χ3v) is 2.95. The number of thioether (sulfide) groups is 1. The van der Waals surface area contributed by atoms with Crippen LogP contribution in [0.25, 0.3) is 0 Å². The Bertz CT molecular complexity index is 155. The van der Waals surface area contributed by atoms with E-state index in [1.165, 1.54) is 0 Å². The smallest absolute Gasteiger partial charge is 0.191 e. The highest BCUT2D eigenvalue weighted by atomic mass is 32.2. The molecule has 78 valence electrons. The molecule has 0 aliphatic carbocycles. The molecule has 0 radical (unpaired) electrons. The number of hydrogen-bond acceptors (Lipinski definition) is 2. The topological polar surface area (TPSA) is 41.6 Å². The lowest BCUT2D eigenvalue weighted by Gasteiger charge is -2.19. The Labute approximate surface area is 85.8 Å². The Kier molecular flexibility index (Phi) is 6.86. The van der Waals surface area contributed by atoms with Gasteiger partial charge in [0.05, 0.1) is 6.54 Å². The van der Waals surface area contributed by atoms with Crippen LogP contribution in [0.5, 0.6) is 0 Å². The maximum atomic E-state index is 5.81. The Hall–Kier alpha value is -0.380. The van der Waals surface area contributed by atoms with Crippen molar-refractivity contribution in [1.29, 1.82) is 0 Å². The molecule has 4 heteroatoms. The number of nitrogens with two attached hydrogens (primary N) is 1. The highest BCUT2D eigenvalue weighted by Gasteiger charge is 2.02. The highest BCUT2D eigenvalue weighted by molar-refractivity contribution is 7.99. The lowest BCUT2D eigenvalue weighted by molar-refractivity contribution is 0.458. The van der Waals surface area contributed by atoms with Crippen LogP contribution in [0.15, 0.2) is 4.99 Å². The van der Waals surface area contributed by atoms with Crippen LogP contribution in [-0.2, 0) is 0 Å². The summed E-state index contributed by atoms with van der Waals surface area (Å²) in [6, 6.07) is 0. The fourth-order valence-electron chi connectivity index (χ4n) is 0.944. The standard InChI is InChI=1S/C9H21N3S/c1-5-12(6-2)9(10)11-7-8(3)13-4/h8H,5-7H2,1-4H3,(H2,10,11). The molecule has 0 aromatic rings. The summed E-state index contributed by atoms with van der Waals surface area (Å²) in [5.74, 6) is 0.672. The molecule has 0 rings (SSSR count). The molecule has 1 unspecified atom stereocenters. The number of guanidine groups is 1. The van der Waals surface area contributed by atoms with Crippen molar-refractivity contribution in [3.05, 3.63) is 0 Å². The summed E-state index contributed by atoms with van der Waals surface area (Å²) in [7, 11) is 0. The van der Waals surface area contributed by atoms with E-state index in [0.717, 1.165) is 19.6 Å². The average Bonchev–Trinajstić information content (AvgIpc) is 2.16. The number of rotatable bonds is 5. The van der Waals surface area contributed by atoms with E-state index < -0.39 is 0 Å². The fraction of sp³-hybridized carbons (Fsp3) is 0.889. The van der Waals surface area contributed by atoms with Gasteiger partial charge in [-0.3, -0.25) is 4.99 Å². The number of nitrogens with zero attached hydrogens (tertiary/aromatic N) is 2. The van der Waals surface area contributed by atoms with E-state index in [0.29, 0.717) is 11.2 Å². The van der Waals surface area contributed by atoms with Gasteiger partial charge >= 0.3 is 0 Å². The van der Waals surface area contributed by atoms with Crippen molar-refractivity contribution < 1.29 is 0 Å². The summed E-state index contributed by atoms with van der Waals surface area (Å²) in [4.78, 5) is 6.40. The van der Waals surface area contributed by atoms with Crippen LogP contribution in [0.2, 0.25) is 0 Å². The van der Waals surface area contributed by atoms with Gasteiger partial charge in [-0.2, -0.15) is 11.8 Å². The van der Waals surface area contributed by atoms with Crippen LogP contribution < -0.4 is 5.73 Å². The molecular formula is C9H21N3S. The molecule has 0 amide bonds. The highest BCUT2D eigenvalue weighted by Crippen LogP contribution is 2.04. The van der Waals surface area contributed by atoms with E-state index in [1.807, 2.05) is 11.8 Å². The zero-order chi connectivity index (χ0) is 10.3. The summed E-state index contributed by atoms with van der Waals surface area (Å²) in [5, 5.41) is 0.550. The zero-order valence-corrected chi connectivity index (χ0v) is 9.90. The van der Waals surface area contributed by atoms with Gasteiger partial charge in [0.2, 0.25) is 0 Å². The van der Waals surface area contributed by atoms with E-state index in [9.17, 15) is 0 Å². The van der Waals surface area contributed by atoms with Crippen LogP contribution in [0, 0.1) is 0 Å². The van der Waals surface area contributed by atoms with E-state index in [4.69, 9.17) is 5.73 Å². The molecule has 0 saturated heterocycles. The van der Waals surface area contributed by atoms with Crippen molar-refractivity contribution in [1.82, 2.24) is 4.90 Å². The van der Waals surface area contributed by atoms with E-state index in [1.54, 1.807) is 0 Å². The van der Waals surface area contributed by atoms with Crippen molar-refractivity contribution in [2.75, 3.05) is 25.9 Å². The molecule has 0 aliphatic heterocycles. The average molecular weight is 203 g/mol. The van der Waals surface area contributed by atoms with Crippen molar-refractivity contribution in [3.63, 3.8) is 0 Å². The maximum Gasteiger partial charge on any atom is 0.191 e. The van der Waals surface area contributed by atoms with E-state index in [2.05, 4.69) is 36.9 Å². The second kappa shape index (κ2) is 7.06. The molecule has 0 aromatic heterocycles. The van der Waals surface area contributed by atoms with Gasteiger partial charge in [0.15, 0.2) is 5.96 Å². The SMILES string of the molecule is CCN(CC)C(N)=NCC(C)SC. The number of aliphatic imine (C=N–C) groups is 1. The molecule has 2 N–H and O–H groups in total. The van der Waals surface area contributed by atoms with Crippen LogP contribution in [0.4, 0.5) is 0 Å². The monoisotopic (exact) mass is 203 g/mol. The first-order valence-corrected chi connectivity index (χ1v) is 6.02. The Balaban J connectivity index is 3.98. The zero-order valence-electron chi connectivity index (χ0n) is 9.08. The Morgan fingerprint density at radius 2 is 2.00 bits per heavy atom. The second-order valence-electron chi connectivity index (χ2n) is 2.92. The summed E-state index contributed by atoms with van der Waals surface area (Å²) >= 11 is 1.81. The molecule has 0 spiro atoms. The number of hydrogen-bond donors (Lipinski definition) is 1. The second-order valence-corrected chi connectivity index (χ2v) is 4.19. The molecule has 0 bridgehead atoms. The largest absolute Gasteiger partial charge is 0.370 e. The van der Waals surface area contributed by atoms with Gasteiger partial charge < -0.3 is 10.6 Å². The molecule has 0 saturated carbocycles. The third-order valence-electron chi connectivity index (χ3n) is 2.00. The quantitative estimate of drug-likeness (QED) is 0.542. The molecule has 3 nitrogen and oxygen atoms in total. The summed E-state index contributed by atoms with van der Waals surface area (Å²) in [6.45, 7) is 9.00. The first kappa shape index (κ1) is 12.6.